The van der Waals surface area contributed by atoms with Gasteiger partial charge in [-0.25, -0.2) is 0 Å². The maximum absolute atomic E-state index is 11.8. The van der Waals surface area contributed by atoms with Crippen LogP contribution >= 0.6 is 11.8 Å². The number of carboxylic acid groups (broad SMARTS) is 1. The number of rotatable bonds is 8. The Kier molecular flexibility index (Phi) is 7.29. The Bertz CT molecular complexity index is 488. The second kappa shape index (κ2) is 8.72. The lowest BCUT2D eigenvalue weighted by Gasteiger charge is -2.15. The molecule has 1 rings (SSSR count). The van der Waals surface area contributed by atoms with E-state index in [1.165, 1.54) is 11.8 Å². The maximum atomic E-state index is 11.8. The lowest BCUT2D eigenvalue weighted by molar-refractivity contribution is -0.142. The Morgan fingerprint density at radius 2 is 1.95 bits per heavy atom. The van der Waals surface area contributed by atoms with E-state index < -0.39 is 11.9 Å². The maximum Gasteiger partial charge on any atom is 0.308 e. The number of nitrogens with one attached hydrogen (secondary N) is 1. The molecule has 116 valence electrons. The van der Waals surface area contributed by atoms with Crippen molar-refractivity contribution in [3.05, 3.63) is 29.8 Å². The predicted molar refractivity (Wildman–Crippen MR) is 85.5 cm³/mol. The number of carboxylic acids is 1. The monoisotopic (exact) mass is 309 g/mol. The summed E-state index contributed by atoms with van der Waals surface area (Å²) in [5, 5.41) is 11.8. The van der Waals surface area contributed by atoms with E-state index in [0.29, 0.717) is 18.1 Å². The van der Waals surface area contributed by atoms with Crippen LogP contribution < -0.4 is 5.32 Å². The summed E-state index contributed by atoms with van der Waals surface area (Å²) in [5.74, 6) is -0.894. The van der Waals surface area contributed by atoms with Crippen molar-refractivity contribution in [1.82, 2.24) is 5.32 Å². The molecule has 4 nitrogen and oxygen atoms in total. The van der Waals surface area contributed by atoms with Gasteiger partial charge in [0.15, 0.2) is 0 Å². The largest absolute Gasteiger partial charge is 0.481 e. The van der Waals surface area contributed by atoms with E-state index in [9.17, 15) is 9.59 Å². The van der Waals surface area contributed by atoms with Gasteiger partial charge in [-0.1, -0.05) is 32.0 Å². The smallest absolute Gasteiger partial charge is 0.308 e. The SMILES string of the molecule is Cc1ccccc1SCC(=O)NCC(CC(C)C)C(=O)O. The number of carbonyl (C=O) groups is 2. The highest BCUT2D eigenvalue weighted by Crippen LogP contribution is 2.21. The second-order valence-corrected chi connectivity index (χ2v) is 6.54. The van der Waals surface area contributed by atoms with Gasteiger partial charge in [0.2, 0.25) is 5.91 Å². The molecule has 1 amide bonds. The molecule has 1 unspecified atom stereocenters. The molecular weight excluding hydrogens is 286 g/mol. The van der Waals surface area contributed by atoms with Gasteiger partial charge in [0, 0.05) is 11.4 Å². The van der Waals surface area contributed by atoms with Crippen molar-refractivity contribution in [2.75, 3.05) is 12.3 Å². The van der Waals surface area contributed by atoms with Crippen molar-refractivity contribution in [2.45, 2.75) is 32.1 Å². The minimum absolute atomic E-state index is 0.127. The first kappa shape index (κ1) is 17.6. The molecular formula is C16H23NO3S. The lowest BCUT2D eigenvalue weighted by atomic mass is 9.97. The van der Waals surface area contributed by atoms with Crippen LogP contribution in [0.4, 0.5) is 0 Å². The highest BCUT2D eigenvalue weighted by molar-refractivity contribution is 8.00. The Labute approximate surface area is 130 Å². The van der Waals surface area contributed by atoms with E-state index in [-0.39, 0.29) is 12.5 Å². The van der Waals surface area contributed by atoms with E-state index in [4.69, 9.17) is 5.11 Å². The van der Waals surface area contributed by atoms with Crippen LogP contribution in [0.15, 0.2) is 29.2 Å². The van der Waals surface area contributed by atoms with Crippen molar-refractivity contribution < 1.29 is 14.7 Å². The summed E-state index contributed by atoms with van der Waals surface area (Å²) in [6.07, 6.45) is 0.570. The zero-order chi connectivity index (χ0) is 15.8. The molecule has 0 fully saturated rings. The molecule has 0 spiro atoms. The number of benzene rings is 1. The molecule has 0 aliphatic rings. The van der Waals surface area contributed by atoms with Gasteiger partial charge in [0.1, 0.15) is 0 Å². The summed E-state index contributed by atoms with van der Waals surface area (Å²) in [4.78, 5) is 24.0. The molecule has 0 aliphatic carbocycles. The third kappa shape index (κ3) is 6.67. The fourth-order valence-electron chi connectivity index (χ4n) is 1.99. The van der Waals surface area contributed by atoms with Gasteiger partial charge in [-0.15, -0.1) is 11.8 Å². The van der Waals surface area contributed by atoms with Crippen LogP contribution in [0.5, 0.6) is 0 Å². The quantitative estimate of drug-likeness (QED) is 0.725. The molecule has 1 aromatic rings. The van der Waals surface area contributed by atoms with Crippen molar-refractivity contribution in [1.29, 1.82) is 0 Å². The lowest BCUT2D eigenvalue weighted by Crippen LogP contribution is -2.34. The highest BCUT2D eigenvalue weighted by atomic mass is 32.2. The van der Waals surface area contributed by atoms with Gasteiger partial charge in [-0.3, -0.25) is 9.59 Å². The molecule has 0 saturated carbocycles. The average molecular weight is 309 g/mol. The zero-order valence-corrected chi connectivity index (χ0v) is 13.6. The number of amides is 1. The van der Waals surface area contributed by atoms with Gasteiger partial charge in [0.25, 0.3) is 0 Å². The Morgan fingerprint density at radius 3 is 2.52 bits per heavy atom. The van der Waals surface area contributed by atoms with Crippen LogP contribution in [-0.4, -0.2) is 29.3 Å². The molecule has 0 saturated heterocycles. The standard InChI is InChI=1S/C16H23NO3S/c1-11(2)8-13(16(19)20)9-17-15(18)10-21-14-7-5-4-6-12(14)3/h4-7,11,13H,8-10H2,1-3H3,(H,17,18)(H,19,20). The summed E-state index contributed by atoms with van der Waals surface area (Å²) >= 11 is 1.47. The number of aryl methyl sites for hydroxylation is 1. The van der Waals surface area contributed by atoms with Gasteiger partial charge in [0.05, 0.1) is 11.7 Å². The molecule has 0 bridgehead atoms. The van der Waals surface area contributed by atoms with E-state index in [2.05, 4.69) is 5.32 Å². The van der Waals surface area contributed by atoms with Crippen LogP contribution in [0.2, 0.25) is 0 Å². The van der Waals surface area contributed by atoms with Gasteiger partial charge >= 0.3 is 5.97 Å². The first-order valence-electron chi connectivity index (χ1n) is 7.08. The molecule has 1 atom stereocenters. The number of thioether (sulfide) groups is 1. The first-order valence-corrected chi connectivity index (χ1v) is 8.06. The highest BCUT2D eigenvalue weighted by Gasteiger charge is 2.19. The van der Waals surface area contributed by atoms with E-state index in [1.807, 2.05) is 45.0 Å². The molecule has 0 radical (unpaired) electrons. The normalized spacial score (nSPS) is 12.2. The van der Waals surface area contributed by atoms with Crippen LogP contribution in [0, 0.1) is 18.8 Å². The third-order valence-corrected chi connectivity index (χ3v) is 4.28. The molecule has 0 aromatic heterocycles. The van der Waals surface area contributed by atoms with E-state index in [1.54, 1.807) is 0 Å². The van der Waals surface area contributed by atoms with Crippen molar-refractivity contribution in [3.63, 3.8) is 0 Å². The fourth-order valence-corrected chi connectivity index (χ4v) is 2.85. The minimum atomic E-state index is -0.851. The molecule has 0 aliphatic heterocycles. The number of aliphatic carboxylic acids is 1. The van der Waals surface area contributed by atoms with Gasteiger partial charge in [-0.05, 0) is 30.9 Å². The number of hydrogen-bond acceptors (Lipinski definition) is 3. The van der Waals surface area contributed by atoms with Crippen molar-refractivity contribution >= 4 is 23.6 Å². The third-order valence-electron chi connectivity index (χ3n) is 3.10. The summed E-state index contributed by atoms with van der Waals surface area (Å²) in [6.45, 7) is 6.15. The summed E-state index contributed by atoms with van der Waals surface area (Å²) in [5.41, 5.74) is 1.14. The number of hydrogen-bond donors (Lipinski definition) is 2. The fraction of sp³-hybridized carbons (Fsp3) is 0.500. The van der Waals surface area contributed by atoms with Crippen LogP contribution in [0.25, 0.3) is 0 Å². The average Bonchev–Trinajstić information content (AvgIpc) is 2.41. The summed E-state index contributed by atoms with van der Waals surface area (Å²) in [7, 11) is 0. The summed E-state index contributed by atoms with van der Waals surface area (Å²) in [6, 6.07) is 7.88. The van der Waals surface area contributed by atoms with Crippen molar-refractivity contribution in [3.8, 4) is 0 Å². The molecule has 0 heterocycles. The second-order valence-electron chi connectivity index (χ2n) is 5.52. The van der Waals surface area contributed by atoms with E-state index >= 15 is 0 Å². The Balaban J connectivity index is 2.39. The summed E-state index contributed by atoms with van der Waals surface area (Å²) < 4.78 is 0. The Hall–Kier alpha value is -1.49. The van der Waals surface area contributed by atoms with Crippen LogP contribution in [-0.2, 0) is 9.59 Å². The van der Waals surface area contributed by atoms with Crippen LogP contribution in [0.3, 0.4) is 0 Å². The number of carbonyl (C=O) groups excluding carboxylic acids is 1. The minimum Gasteiger partial charge on any atom is -0.481 e. The van der Waals surface area contributed by atoms with Crippen LogP contribution in [0.1, 0.15) is 25.8 Å². The molecule has 21 heavy (non-hydrogen) atoms. The van der Waals surface area contributed by atoms with E-state index in [0.717, 1.165) is 10.5 Å². The Morgan fingerprint density at radius 1 is 1.29 bits per heavy atom. The van der Waals surface area contributed by atoms with Gasteiger partial charge in [-0.2, -0.15) is 0 Å². The first-order chi connectivity index (χ1) is 9.90. The van der Waals surface area contributed by atoms with Crippen molar-refractivity contribution in [2.24, 2.45) is 11.8 Å². The topological polar surface area (TPSA) is 66.4 Å². The van der Waals surface area contributed by atoms with Gasteiger partial charge < -0.3 is 10.4 Å². The predicted octanol–water partition coefficient (Wildman–Crippen LogP) is 2.95. The molecule has 1 aromatic carbocycles. The zero-order valence-electron chi connectivity index (χ0n) is 12.8. The molecule has 5 heteroatoms. The molecule has 2 N–H and O–H groups in total.